The minimum absolute atomic E-state index is 0.229. The van der Waals surface area contributed by atoms with E-state index in [4.69, 9.17) is 0 Å². The number of thiophene rings is 1. The van der Waals surface area contributed by atoms with Crippen LogP contribution < -0.4 is 5.32 Å². The van der Waals surface area contributed by atoms with Crippen molar-refractivity contribution in [1.82, 2.24) is 10.2 Å². The smallest absolute Gasteiger partial charge is 0.237 e. The topological polar surface area (TPSA) is 32.3 Å². The Kier molecular flexibility index (Phi) is 4.40. The van der Waals surface area contributed by atoms with E-state index < -0.39 is 0 Å². The maximum atomic E-state index is 12.3. The Bertz CT molecular complexity index is 414. The first-order chi connectivity index (χ1) is 8.63. The quantitative estimate of drug-likeness (QED) is 0.908. The van der Waals surface area contributed by atoms with Gasteiger partial charge in [0.15, 0.2) is 0 Å². The molecule has 0 saturated carbocycles. The molecule has 1 unspecified atom stereocenters. The van der Waals surface area contributed by atoms with Gasteiger partial charge in [-0.05, 0) is 29.9 Å². The first-order valence-corrected chi connectivity index (χ1v) is 7.60. The van der Waals surface area contributed by atoms with E-state index in [1.165, 1.54) is 10.4 Å². The van der Waals surface area contributed by atoms with Gasteiger partial charge in [-0.3, -0.25) is 4.79 Å². The predicted octanol–water partition coefficient (Wildman–Crippen LogP) is 2.58. The molecule has 1 aromatic heterocycles. The van der Waals surface area contributed by atoms with Crippen molar-refractivity contribution >= 4 is 17.2 Å². The molecule has 1 aliphatic rings. The molecular formula is C14H22N2OS. The Morgan fingerprint density at radius 2 is 2.39 bits per heavy atom. The monoisotopic (exact) mass is 266 g/mol. The Morgan fingerprint density at radius 3 is 3.06 bits per heavy atom. The second kappa shape index (κ2) is 5.85. The second-order valence-corrected chi connectivity index (χ2v) is 6.10. The third-order valence-electron chi connectivity index (χ3n) is 3.46. The van der Waals surface area contributed by atoms with Crippen LogP contribution in [0, 0.1) is 0 Å². The van der Waals surface area contributed by atoms with Crippen LogP contribution in [-0.4, -0.2) is 29.9 Å². The van der Waals surface area contributed by atoms with E-state index in [-0.39, 0.29) is 11.9 Å². The van der Waals surface area contributed by atoms with Crippen molar-refractivity contribution in [3.63, 3.8) is 0 Å². The van der Waals surface area contributed by atoms with Crippen LogP contribution in [0.4, 0.5) is 0 Å². The van der Waals surface area contributed by atoms with Crippen LogP contribution in [-0.2, 0) is 11.2 Å². The molecule has 0 saturated heterocycles. The molecule has 0 spiro atoms. The number of rotatable bonds is 4. The lowest BCUT2D eigenvalue weighted by Gasteiger charge is -2.35. The minimum Gasteiger partial charge on any atom is -0.334 e. The van der Waals surface area contributed by atoms with Gasteiger partial charge in [-0.25, -0.2) is 0 Å². The van der Waals surface area contributed by atoms with Crippen LogP contribution in [0.3, 0.4) is 0 Å². The molecule has 18 heavy (non-hydrogen) atoms. The normalized spacial score (nSPS) is 19.1. The Morgan fingerprint density at radius 1 is 1.61 bits per heavy atom. The van der Waals surface area contributed by atoms with Crippen LogP contribution in [0.5, 0.6) is 0 Å². The summed E-state index contributed by atoms with van der Waals surface area (Å²) in [5, 5.41) is 5.36. The van der Waals surface area contributed by atoms with Gasteiger partial charge < -0.3 is 10.2 Å². The van der Waals surface area contributed by atoms with Crippen molar-refractivity contribution in [1.29, 1.82) is 0 Å². The van der Waals surface area contributed by atoms with Gasteiger partial charge in [-0.15, -0.1) is 11.3 Å². The zero-order valence-corrected chi connectivity index (χ0v) is 12.2. The molecule has 1 atom stereocenters. The number of nitrogens with zero attached hydrogens (tertiary/aromatic N) is 1. The molecule has 1 aliphatic heterocycles. The molecule has 1 amide bonds. The number of amides is 1. The molecule has 0 aliphatic carbocycles. The van der Waals surface area contributed by atoms with Crippen molar-refractivity contribution in [2.75, 3.05) is 13.1 Å². The van der Waals surface area contributed by atoms with Crippen LogP contribution >= 0.6 is 11.3 Å². The van der Waals surface area contributed by atoms with Gasteiger partial charge in [0.2, 0.25) is 5.91 Å². The number of carbonyl (C=O) groups excluding carboxylic acids is 1. The van der Waals surface area contributed by atoms with E-state index in [0.717, 1.165) is 19.4 Å². The van der Waals surface area contributed by atoms with E-state index in [1.54, 1.807) is 0 Å². The highest BCUT2D eigenvalue weighted by Crippen LogP contribution is 2.34. The molecule has 0 fully saturated rings. The van der Waals surface area contributed by atoms with Crippen LogP contribution in [0.25, 0.3) is 0 Å². The van der Waals surface area contributed by atoms with E-state index in [9.17, 15) is 4.79 Å². The molecule has 2 rings (SSSR count). The summed E-state index contributed by atoms with van der Waals surface area (Å²) in [6.45, 7) is 7.61. The van der Waals surface area contributed by atoms with Crippen molar-refractivity contribution < 1.29 is 4.79 Å². The zero-order valence-electron chi connectivity index (χ0n) is 11.4. The van der Waals surface area contributed by atoms with Crippen LogP contribution in [0.2, 0.25) is 0 Å². The number of fused-ring (bicyclic) bond motifs is 1. The fourth-order valence-electron chi connectivity index (χ4n) is 2.53. The Balaban J connectivity index is 2.08. The van der Waals surface area contributed by atoms with Gasteiger partial charge >= 0.3 is 0 Å². The number of carbonyl (C=O) groups is 1. The SMILES string of the molecule is CCC1c2ccsc2CCN1C(=O)CNC(C)C. The fraction of sp³-hybridized carbons (Fsp3) is 0.643. The molecule has 3 nitrogen and oxygen atoms in total. The second-order valence-electron chi connectivity index (χ2n) is 5.10. The zero-order chi connectivity index (χ0) is 13.1. The molecule has 4 heteroatoms. The van der Waals surface area contributed by atoms with Gasteiger partial charge in [0.1, 0.15) is 0 Å². The highest BCUT2D eigenvalue weighted by atomic mass is 32.1. The largest absolute Gasteiger partial charge is 0.334 e. The summed E-state index contributed by atoms with van der Waals surface area (Å²) in [6, 6.07) is 2.82. The molecule has 0 bridgehead atoms. The summed E-state index contributed by atoms with van der Waals surface area (Å²) < 4.78 is 0. The van der Waals surface area contributed by atoms with Crippen molar-refractivity contribution in [3.8, 4) is 0 Å². The molecule has 100 valence electrons. The highest BCUT2D eigenvalue weighted by molar-refractivity contribution is 7.10. The lowest BCUT2D eigenvalue weighted by molar-refractivity contribution is -0.133. The summed E-state index contributed by atoms with van der Waals surface area (Å²) in [7, 11) is 0. The molecule has 0 aromatic carbocycles. The number of hydrogen-bond donors (Lipinski definition) is 1. The van der Waals surface area contributed by atoms with E-state index in [0.29, 0.717) is 12.6 Å². The first kappa shape index (κ1) is 13.6. The average Bonchev–Trinajstić information content (AvgIpc) is 2.82. The molecule has 2 heterocycles. The first-order valence-electron chi connectivity index (χ1n) is 6.72. The van der Waals surface area contributed by atoms with E-state index in [2.05, 4.69) is 37.5 Å². The van der Waals surface area contributed by atoms with Crippen molar-refractivity contribution in [3.05, 3.63) is 21.9 Å². The van der Waals surface area contributed by atoms with Crippen LogP contribution in [0.15, 0.2) is 11.4 Å². The minimum atomic E-state index is 0.229. The van der Waals surface area contributed by atoms with Gasteiger partial charge in [0.05, 0.1) is 12.6 Å². The van der Waals surface area contributed by atoms with E-state index >= 15 is 0 Å². The van der Waals surface area contributed by atoms with Crippen LogP contribution in [0.1, 0.15) is 43.7 Å². The van der Waals surface area contributed by atoms with Crippen molar-refractivity contribution in [2.45, 2.75) is 45.7 Å². The summed E-state index contributed by atoms with van der Waals surface area (Å²) in [5.74, 6) is 0.229. The van der Waals surface area contributed by atoms with Gasteiger partial charge in [-0.1, -0.05) is 20.8 Å². The highest BCUT2D eigenvalue weighted by Gasteiger charge is 2.29. The molecular weight excluding hydrogens is 244 g/mol. The third-order valence-corrected chi connectivity index (χ3v) is 4.46. The lowest BCUT2D eigenvalue weighted by Crippen LogP contribution is -2.44. The van der Waals surface area contributed by atoms with Crippen molar-refractivity contribution in [2.24, 2.45) is 0 Å². The number of nitrogens with one attached hydrogen (secondary N) is 1. The summed E-state index contributed by atoms with van der Waals surface area (Å²) >= 11 is 1.82. The fourth-order valence-corrected chi connectivity index (χ4v) is 3.46. The number of hydrogen-bond acceptors (Lipinski definition) is 3. The Hall–Kier alpha value is -0.870. The summed E-state index contributed by atoms with van der Waals surface area (Å²) in [6.07, 6.45) is 2.01. The van der Waals surface area contributed by atoms with E-state index in [1.807, 2.05) is 16.2 Å². The molecule has 1 aromatic rings. The maximum Gasteiger partial charge on any atom is 0.237 e. The van der Waals surface area contributed by atoms with Gasteiger partial charge in [0.25, 0.3) is 0 Å². The molecule has 0 radical (unpaired) electrons. The lowest BCUT2D eigenvalue weighted by atomic mass is 9.98. The maximum absolute atomic E-state index is 12.3. The molecule has 1 N–H and O–H groups in total. The average molecular weight is 266 g/mol. The summed E-state index contributed by atoms with van der Waals surface area (Å²) in [5.41, 5.74) is 1.37. The van der Waals surface area contributed by atoms with Gasteiger partial charge in [0, 0.05) is 17.5 Å². The standard InChI is InChI=1S/C14H22N2OS/c1-4-12-11-6-8-18-13(11)5-7-16(12)14(17)9-15-10(2)3/h6,8,10,12,15H,4-5,7,9H2,1-3H3. The third kappa shape index (κ3) is 2.75. The summed E-state index contributed by atoms with van der Waals surface area (Å²) in [4.78, 5) is 15.8. The predicted molar refractivity (Wildman–Crippen MR) is 75.9 cm³/mol. The Labute approximate surface area is 113 Å². The van der Waals surface area contributed by atoms with Gasteiger partial charge in [-0.2, -0.15) is 0 Å².